The van der Waals surface area contributed by atoms with E-state index in [0.29, 0.717) is 36.1 Å². The van der Waals surface area contributed by atoms with Crippen molar-refractivity contribution in [2.75, 3.05) is 51.2 Å². The number of rotatable bonds is 7. The number of carbonyl (C=O) groups excluding carboxylic acids is 2. The zero-order valence-corrected chi connectivity index (χ0v) is 24.7. The average molecular weight is 578 g/mol. The van der Waals surface area contributed by atoms with Crippen LogP contribution in [0.15, 0.2) is 49.4 Å². The Morgan fingerprint density at radius 1 is 1.14 bits per heavy atom. The number of urea groups is 1. The lowest BCUT2D eigenvalue weighted by Gasteiger charge is -2.39. The molecular formula is C31H43N7O4. The van der Waals surface area contributed by atoms with Crippen molar-refractivity contribution in [2.24, 2.45) is 11.7 Å². The van der Waals surface area contributed by atoms with Crippen LogP contribution in [0.3, 0.4) is 0 Å². The highest BCUT2D eigenvalue weighted by Gasteiger charge is 2.31. The van der Waals surface area contributed by atoms with Crippen LogP contribution in [0.2, 0.25) is 0 Å². The van der Waals surface area contributed by atoms with E-state index in [-0.39, 0.29) is 11.9 Å². The van der Waals surface area contributed by atoms with Gasteiger partial charge in [-0.2, -0.15) is 0 Å². The fourth-order valence-corrected chi connectivity index (χ4v) is 5.77. The number of benzene rings is 1. The van der Waals surface area contributed by atoms with Gasteiger partial charge >= 0.3 is 6.03 Å². The van der Waals surface area contributed by atoms with Gasteiger partial charge in [0.1, 0.15) is 6.33 Å². The first kappa shape index (κ1) is 31.0. The van der Waals surface area contributed by atoms with Crippen molar-refractivity contribution >= 4 is 29.0 Å². The number of hydrogen-bond donors (Lipinski definition) is 2. The lowest BCUT2D eigenvalue weighted by Crippen LogP contribution is -2.49. The molecule has 42 heavy (non-hydrogen) atoms. The number of anilines is 1. The van der Waals surface area contributed by atoms with E-state index in [1.54, 1.807) is 42.7 Å². The van der Waals surface area contributed by atoms with Crippen LogP contribution in [0.1, 0.15) is 56.7 Å². The van der Waals surface area contributed by atoms with Crippen molar-refractivity contribution in [1.82, 2.24) is 24.7 Å². The maximum Gasteiger partial charge on any atom is 0.328 e. The second-order valence-corrected chi connectivity index (χ2v) is 10.7. The number of amides is 3. The van der Waals surface area contributed by atoms with Crippen LogP contribution in [0.4, 0.5) is 10.5 Å². The third-order valence-corrected chi connectivity index (χ3v) is 8.08. The Hall–Kier alpha value is -3.96. The molecule has 1 aromatic carbocycles. The summed E-state index contributed by atoms with van der Waals surface area (Å²) in [5.74, 6) is 0.959. The van der Waals surface area contributed by atoms with Crippen LogP contribution in [0.5, 0.6) is 5.75 Å². The van der Waals surface area contributed by atoms with Crippen LogP contribution in [0, 0.1) is 5.92 Å². The maximum absolute atomic E-state index is 12.7. The molecule has 3 N–H and O–H groups in total. The van der Waals surface area contributed by atoms with Gasteiger partial charge in [0, 0.05) is 69.7 Å². The highest BCUT2D eigenvalue weighted by Crippen LogP contribution is 2.36. The quantitative estimate of drug-likeness (QED) is 0.368. The first-order valence-corrected chi connectivity index (χ1v) is 14.8. The highest BCUT2D eigenvalue weighted by molar-refractivity contribution is 6.04. The van der Waals surface area contributed by atoms with Crippen molar-refractivity contribution in [3.8, 4) is 5.75 Å². The molecule has 226 valence electrons. The van der Waals surface area contributed by atoms with Gasteiger partial charge in [0.25, 0.3) is 0 Å². The molecule has 0 atom stereocenters. The molecule has 3 heterocycles. The standard InChI is InChI=1S/C19H28N4O.C12H15N3O3/c1-2-6-18(17-9-10-20-15-21-17)22-11-13-23(14-12-22)19(24)16-7-4-3-5-8-16;1-8-10-7-9(18-17)3-4-11(10)15(6-5-13)12(16)14(8)2/h6,9-10,15-16H,2-5,7-8,11-14H2,1H3;3-4,7,17H,1,5-6,13H2,2H3/b18-6-;. The highest BCUT2D eigenvalue weighted by atomic mass is 17.1. The SMILES string of the molecule is C=C1c2cc(OO)ccc2N(CCN)C(=O)N1C.CC/C=C(/c1ccncn1)N1CCN(C(=O)C2CCCCC2)CC1. The van der Waals surface area contributed by atoms with Crippen molar-refractivity contribution in [3.05, 3.63) is 60.7 Å². The molecule has 2 aliphatic heterocycles. The first-order chi connectivity index (χ1) is 20.4. The molecule has 11 nitrogen and oxygen atoms in total. The Labute approximate surface area is 248 Å². The smallest absolute Gasteiger partial charge is 0.328 e. The van der Waals surface area contributed by atoms with Gasteiger partial charge in [-0.1, -0.05) is 38.8 Å². The summed E-state index contributed by atoms with van der Waals surface area (Å²) in [5.41, 5.74) is 9.67. The minimum absolute atomic E-state index is 0.171. The van der Waals surface area contributed by atoms with E-state index >= 15 is 0 Å². The van der Waals surface area contributed by atoms with Gasteiger partial charge in [-0.15, -0.1) is 0 Å². The van der Waals surface area contributed by atoms with Gasteiger partial charge in [0.2, 0.25) is 5.91 Å². The van der Waals surface area contributed by atoms with E-state index in [1.165, 1.54) is 29.9 Å². The Morgan fingerprint density at radius 2 is 1.86 bits per heavy atom. The second kappa shape index (κ2) is 14.8. The molecule has 1 aromatic heterocycles. The maximum atomic E-state index is 12.7. The summed E-state index contributed by atoms with van der Waals surface area (Å²) < 4.78 is 0. The Morgan fingerprint density at radius 3 is 2.48 bits per heavy atom. The summed E-state index contributed by atoms with van der Waals surface area (Å²) in [4.78, 5) is 44.9. The molecule has 1 aliphatic carbocycles. The van der Waals surface area contributed by atoms with E-state index < -0.39 is 0 Å². The van der Waals surface area contributed by atoms with Crippen LogP contribution in [-0.4, -0.2) is 88.2 Å². The summed E-state index contributed by atoms with van der Waals surface area (Å²) in [7, 11) is 1.64. The number of nitrogens with zero attached hydrogens (tertiary/aromatic N) is 6. The number of allylic oxidation sites excluding steroid dienone is 1. The van der Waals surface area contributed by atoms with E-state index in [9.17, 15) is 9.59 Å². The van der Waals surface area contributed by atoms with Crippen LogP contribution >= 0.6 is 0 Å². The molecular weight excluding hydrogens is 534 g/mol. The molecule has 2 aromatic rings. The largest absolute Gasteiger partial charge is 0.366 e. The molecule has 1 saturated heterocycles. The minimum Gasteiger partial charge on any atom is -0.366 e. The van der Waals surface area contributed by atoms with Crippen LogP contribution < -0.4 is 15.5 Å². The van der Waals surface area contributed by atoms with Crippen molar-refractivity contribution < 1.29 is 19.7 Å². The van der Waals surface area contributed by atoms with E-state index in [2.05, 4.69) is 44.2 Å². The number of fused-ring (bicyclic) bond motifs is 1. The second-order valence-electron chi connectivity index (χ2n) is 10.7. The summed E-state index contributed by atoms with van der Waals surface area (Å²) in [6, 6.07) is 6.70. The summed E-state index contributed by atoms with van der Waals surface area (Å²) in [6.45, 7) is 10.2. The fourth-order valence-electron chi connectivity index (χ4n) is 5.77. The van der Waals surface area contributed by atoms with Gasteiger partial charge in [-0.3, -0.25) is 14.6 Å². The Balaban J connectivity index is 0.000000201. The zero-order valence-electron chi connectivity index (χ0n) is 24.7. The predicted molar refractivity (Wildman–Crippen MR) is 163 cm³/mol. The predicted octanol–water partition coefficient (Wildman–Crippen LogP) is 4.29. The molecule has 3 aliphatic rings. The molecule has 0 spiro atoms. The lowest BCUT2D eigenvalue weighted by molar-refractivity contribution is -0.138. The number of carbonyl (C=O) groups is 2. The third kappa shape index (κ3) is 7.08. The molecule has 1 saturated carbocycles. The topological polar surface area (TPSA) is 128 Å². The molecule has 11 heteroatoms. The van der Waals surface area contributed by atoms with Crippen LogP contribution in [-0.2, 0) is 4.79 Å². The van der Waals surface area contributed by atoms with E-state index in [4.69, 9.17) is 11.0 Å². The summed E-state index contributed by atoms with van der Waals surface area (Å²) >= 11 is 0. The number of nitrogens with two attached hydrogens (primary N) is 1. The number of aromatic nitrogens is 2. The van der Waals surface area contributed by atoms with Gasteiger partial charge in [-0.05, 0) is 43.5 Å². The number of hydrogen-bond acceptors (Lipinski definition) is 8. The Bertz CT molecular complexity index is 1260. The van der Waals surface area contributed by atoms with Gasteiger partial charge in [0.15, 0.2) is 5.75 Å². The summed E-state index contributed by atoms with van der Waals surface area (Å²) in [5, 5.41) is 8.67. The van der Waals surface area contributed by atoms with Crippen molar-refractivity contribution in [3.63, 3.8) is 0 Å². The van der Waals surface area contributed by atoms with Gasteiger partial charge in [0.05, 0.1) is 17.1 Å². The van der Waals surface area contributed by atoms with E-state index in [1.807, 2.05) is 6.07 Å². The lowest BCUT2D eigenvalue weighted by atomic mass is 9.88. The number of piperazine rings is 1. The molecule has 0 bridgehead atoms. The zero-order chi connectivity index (χ0) is 30.1. The van der Waals surface area contributed by atoms with Gasteiger partial charge < -0.3 is 20.4 Å². The van der Waals surface area contributed by atoms with E-state index in [0.717, 1.165) is 56.7 Å². The Kier molecular flexibility index (Phi) is 10.9. The molecule has 3 amide bonds. The molecule has 0 radical (unpaired) electrons. The van der Waals surface area contributed by atoms with Gasteiger partial charge in [-0.25, -0.2) is 20.0 Å². The third-order valence-electron chi connectivity index (χ3n) is 8.08. The van der Waals surface area contributed by atoms with Crippen molar-refractivity contribution in [2.45, 2.75) is 45.4 Å². The minimum atomic E-state index is -0.171. The van der Waals surface area contributed by atoms with Crippen LogP contribution in [0.25, 0.3) is 11.4 Å². The van der Waals surface area contributed by atoms with Crippen molar-refractivity contribution in [1.29, 1.82) is 0 Å². The normalized spacial score (nSPS) is 18.0. The average Bonchev–Trinajstić information content (AvgIpc) is 3.05. The molecule has 0 unspecified atom stereocenters. The first-order valence-electron chi connectivity index (χ1n) is 14.8. The molecule has 2 fully saturated rings. The fraction of sp³-hybridized carbons (Fsp3) is 0.484. The monoisotopic (exact) mass is 577 g/mol. The summed E-state index contributed by atoms with van der Waals surface area (Å²) in [6.07, 6.45) is 12.5. The molecule has 5 rings (SSSR count).